The molecule has 0 spiro atoms. The van der Waals surface area contributed by atoms with E-state index in [0.29, 0.717) is 13.2 Å². The molecule has 0 aliphatic rings. The number of hydrogen-bond acceptors (Lipinski definition) is 4. The smallest absolute Gasteiger partial charge is 0.162 e. The van der Waals surface area contributed by atoms with E-state index in [1.165, 1.54) is 11.1 Å². The van der Waals surface area contributed by atoms with Crippen LogP contribution in [0.3, 0.4) is 0 Å². The number of nitrogens with one attached hydrogen (secondary N) is 1. The van der Waals surface area contributed by atoms with Gasteiger partial charge in [0.1, 0.15) is 6.61 Å². The molecule has 0 radical (unpaired) electrons. The Morgan fingerprint density at radius 3 is 2.69 bits per heavy atom. The lowest BCUT2D eigenvalue weighted by molar-refractivity contribution is 0.268. The summed E-state index contributed by atoms with van der Waals surface area (Å²) in [5.41, 5.74) is 3.55. The lowest BCUT2D eigenvalue weighted by Gasteiger charge is -2.16. The highest BCUT2D eigenvalue weighted by Gasteiger charge is 2.12. The Bertz CT molecular complexity index is 897. The van der Waals surface area contributed by atoms with Crippen molar-refractivity contribution in [1.29, 1.82) is 0 Å². The summed E-state index contributed by atoms with van der Waals surface area (Å²) in [6, 6.07) is 12.3. The predicted molar refractivity (Wildman–Crippen MR) is 119 cm³/mol. The average Bonchev–Trinajstić information content (AvgIpc) is 3.23. The van der Waals surface area contributed by atoms with Crippen LogP contribution in [0.1, 0.15) is 30.0 Å². The number of rotatable bonds is 11. The van der Waals surface area contributed by atoms with E-state index in [1.807, 2.05) is 43.8 Å². The van der Waals surface area contributed by atoms with Crippen LogP contribution >= 0.6 is 15.9 Å². The number of halogens is 1. The van der Waals surface area contributed by atoms with Crippen LogP contribution < -0.4 is 14.8 Å². The van der Waals surface area contributed by atoms with Crippen molar-refractivity contribution in [3.05, 3.63) is 76.3 Å². The fourth-order valence-electron chi connectivity index (χ4n) is 3.05. The van der Waals surface area contributed by atoms with Gasteiger partial charge in [-0.1, -0.05) is 40.2 Å². The van der Waals surface area contributed by atoms with Gasteiger partial charge < -0.3 is 19.4 Å². The van der Waals surface area contributed by atoms with E-state index < -0.39 is 0 Å². The normalized spacial score (nSPS) is 10.9. The van der Waals surface area contributed by atoms with Gasteiger partial charge in [-0.05, 0) is 55.6 Å². The molecule has 1 N–H and O–H groups in total. The number of imidazole rings is 1. The summed E-state index contributed by atoms with van der Waals surface area (Å²) in [7, 11) is 0. The minimum absolute atomic E-state index is 0.519. The Hall–Kier alpha value is -2.31. The van der Waals surface area contributed by atoms with Gasteiger partial charge >= 0.3 is 0 Å². The zero-order chi connectivity index (χ0) is 20.5. The average molecular weight is 458 g/mol. The summed E-state index contributed by atoms with van der Waals surface area (Å²) in [4.78, 5) is 4.07. The monoisotopic (exact) mass is 457 g/mol. The molecule has 0 fully saturated rings. The molecule has 0 amide bonds. The van der Waals surface area contributed by atoms with Crippen LogP contribution in [0.4, 0.5) is 0 Å². The van der Waals surface area contributed by atoms with Gasteiger partial charge in [-0.25, -0.2) is 4.98 Å². The number of ether oxygens (including phenoxy) is 2. The van der Waals surface area contributed by atoms with Gasteiger partial charge in [-0.3, -0.25) is 0 Å². The van der Waals surface area contributed by atoms with E-state index in [0.717, 1.165) is 47.6 Å². The van der Waals surface area contributed by atoms with Crippen molar-refractivity contribution in [1.82, 2.24) is 14.9 Å². The second kappa shape index (κ2) is 11.0. The molecule has 0 bridgehead atoms. The maximum absolute atomic E-state index is 6.09. The largest absolute Gasteiger partial charge is 0.490 e. The molecule has 0 saturated carbocycles. The second-order valence-electron chi connectivity index (χ2n) is 6.87. The Kier molecular flexibility index (Phi) is 8.14. The van der Waals surface area contributed by atoms with Gasteiger partial charge in [0.25, 0.3) is 0 Å². The van der Waals surface area contributed by atoms with Gasteiger partial charge in [-0.2, -0.15) is 0 Å². The highest BCUT2D eigenvalue weighted by molar-refractivity contribution is 9.10. The fraction of sp³-hybridized carbons (Fsp3) is 0.348. The standard InChI is InChI=1S/C23H28BrN3O2/c1-3-28-22-13-20(15-25-9-6-11-27-12-10-26-17-27)21(24)14-23(22)29-16-19-8-5-4-7-18(19)2/h4-5,7-8,10,12-14,17,25H,3,6,9,11,15-16H2,1-2H3. The van der Waals surface area contributed by atoms with Crippen molar-refractivity contribution in [3.8, 4) is 11.5 Å². The third-order valence-electron chi connectivity index (χ3n) is 4.70. The molecule has 5 nitrogen and oxygen atoms in total. The molecule has 0 aliphatic heterocycles. The molecule has 0 saturated heterocycles. The van der Waals surface area contributed by atoms with E-state index in [1.54, 1.807) is 0 Å². The van der Waals surface area contributed by atoms with Crippen LogP contribution in [0.15, 0.2) is 59.6 Å². The first-order valence-electron chi connectivity index (χ1n) is 9.96. The van der Waals surface area contributed by atoms with E-state index in [2.05, 4.69) is 55.9 Å². The first kappa shape index (κ1) is 21.4. The Morgan fingerprint density at radius 2 is 1.93 bits per heavy atom. The number of nitrogens with zero attached hydrogens (tertiary/aromatic N) is 2. The van der Waals surface area contributed by atoms with Crippen LogP contribution in [-0.2, 0) is 19.7 Å². The number of hydrogen-bond donors (Lipinski definition) is 1. The molecule has 0 aliphatic carbocycles. The van der Waals surface area contributed by atoms with Crippen molar-refractivity contribution in [2.24, 2.45) is 0 Å². The van der Waals surface area contributed by atoms with E-state index in [4.69, 9.17) is 9.47 Å². The summed E-state index contributed by atoms with van der Waals surface area (Å²) in [6.07, 6.45) is 6.69. The summed E-state index contributed by atoms with van der Waals surface area (Å²) < 4.78 is 15.0. The van der Waals surface area contributed by atoms with Crippen molar-refractivity contribution >= 4 is 15.9 Å². The second-order valence-corrected chi connectivity index (χ2v) is 7.72. The first-order valence-corrected chi connectivity index (χ1v) is 10.8. The zero-order valence-electron chi connectivity index (χ0n) is 17.0. The predicted octanol–water partition coefficient (Wildman–Crippen LogP) is 5.11. The molecule has 29 heavy (non-hydrogen) atoms. The SMILES string of the molecule is CCOc1cc(CNCCCn2ccnc2)c(Br)cc1OCc1ccccc1C. The zero-order valence-corrected chi connectivity index (χ0v) is 18.6. The molecule has 154 valence electrons. The molecule has 3 aromatic rings. The van der Waals surface area contributed by atoms with Gasteiger partial charge in [0, 0.05) is 30.0 Å². The highest BCUT2D eigenvalue weighted by Crippen LogP contribution is 2.34. The summed E-state index contributed by atoms with van der Waals surface area (Å²) in [5.74, 6) is 1.53. The van der Waals surface area contributed by atoms with Crippen LogP contribution in [-0.4, -0.2) is 22.7 Å². The molecule has 2 aromatic carbocycles. The fourth-order valence-corrected chi connectivity index (χ4v) is 3.51. The Balaban J connectivity index is 1.58. The molecular formula is C23H28BrN3O2. The molecular weight excluding hydrogens is 430 g/mol. The number of aromatic nitrogens is 2. The van der Waals surface area contributed by atoms with Gasteiger partial charge in [0.2, 0.25) is 0 Å². The molecule has 0 unspecified atom stereocenters. The van der Waals surface area contributed by atoms with Crippen LogP contribution in [0, 0.1) is 6.92 Å². The van der Waals surface area contributed by atoms with E-state index in [-0.39, 0.29) is 0 Å². The van der Waals surface area contributed by atoms with E-state index >= 15 is 0 Å². The molecule has 6 heteroatoms. The summed E-state index contributed by atoms with van der Waals surface area (Å²) in [5, 5.41) is 3.50. The van der Waals surface area contributed by atoms with Crippen molar-refractivity contribution in [2.45, 2.75) is 40.0 Å². The van der Waals surface area contributed by atoms with Gasteiger partial charge in [0.05, 0.1) is 12.9 Å². The van der Waals surface area contributed by atoms with Crippen LogP contribution in [0.2, 0.25) is 0 Å². The highest BCUT2D eigenvalue weighted by atomic mass is 79.9. The minimum atomic E-state index is 0.519. The molecule has 3 rings (SSSR count). The Morgan fingerprint density at radius 1 is 1.10 bits per heavy atom. The Labute approximate surface area is 181 Å². The third-order valence-corrected chi connectivity index (χ3v) is 5.44. The van der Waals surface area contributed by atoms with E-state index in [9.17, 15) is 0 Å². The molecule has 0 atom stereocenters. The summed E-state index contributed by atoms with van der Waals surface area (Å²) >= 11 is 3.69. The number of benzene rings is 2. The number of aryl methyl sites for hydroxylation is 2. The maximum atomic E-state index is 6.09. The van der Waals surface area contributed by atoms with Crippen molar-refractivity contribution in [3.63, 3.8) is 0 Å². The lowest BCUT2D eigenvalue weighted by Crippen LogP contribution is -2.16. The maximum Gasteiger partial charge on any atom is 0.162 e. The first-order chi connectivity index (χ1) is 14.2. The molecule has 1 aromatic heterocycles. The lowest BCUT2D eigenvalue weighted by atomic mass is 10.1. The molecule has 1 heterocycles. The van der Waals surface area contributed by atoms with Crippen LogP contribution in [0.25, 0.3) is 0 Å². The van der Waals surface area contributed by atoms with Crippen LogP contribution in [0.5, 0.6) is 11.5 Å². The van der Waals surface area contributed by atoms with Gasteiger partial charge in [-0.15, -0.1) is 0 Å². The quantitative estimate of drug-likeness (QED) is 0.406. The van der Waals surface area contributed by atoms with Gasteiger partial charge in [0.15, 0.2) is 11.5 Å². The van der Waals surface area contributed by atoms with Crippen molar-refractivity contribution in [2.75, 3.05) is 13.2 Å². The minimum Gasteiger partial charge on any atom is -0.490 e. The van der Waals surface area contributed by atoms with Crippen molar-refractivity contribution < 1.29 is 9.47 Å². The summed E-state index contributed by atoms with van der Waals surface area (Å²) in [6.45, 7) is 7.86. The third kappa shape index (κ3) is 6.34. The topological polar surface area (TPSA) is 48.3 Å².